The molecule has 0 N–H and O–H groups in total. The second-order valence-electron chi connectivity index (χ2n) is 5.76. The van der Waals surface area contributed by atoms with E-state index in [9.17, 15) is 0 Å². The fourth-order valence-corrected chi connectivity index (χ4v) is 2.66. The minimum absolute atomic E-state index is 0. The Bertz CT molecular complexity index is 772. The van der Waals surface area contributed by atoms with Crippen LogP contribution < -0.4 is 43.1 Å². The number of imidazole rings is 2. The Kier molecular flexibility index (Phi) is 9.23. The molecule has 0 aliphatic heterocycles. The molecule has 138 valence electrons. The van der Waals surface area contributed by atoms with Crippen LogP contribution in [-0.2, 0) is 26.2 Å². The van der Waals surface area contributed by atoms with Crippen LogP contribution in [0.25, 0.3) is 0 Å². The number of nitrogens with zero attached hydrogens (tertiary/aromatic N) is 5. The monoisotopic (exact) mass is 479 g/mol. The van der Waals surface area contributed by atoms with E-state index >= 15 is 0 Å². The van der Waals surface area contributed by atoms with Gasteiger partial charge in [0, 0.05) is 0 Å². The van der Waals surface area contributed by atoms with Crippen molar-refractivity contribution >= 4 is 0 Å². The molecule has 0 radical (unpaired) electrons. The average molecular weight is 481 g/mol. The van der Waals surface area contributed by atoms with Crippen LogP contribution in [0.1, 0.15) is 11.4 Å². The normalized spacial score (nSPS) is 9.85. The second kappa shape index (κ2) is 10.9. The first kappa shape index (κ1) is 22.1. The summed E-state index contributed by atoms with van der Waals surface area (Å²) in [5.74, 6) is 0. The number of halogens is 2. The zero-order valence-electron chi connectivity index (χ0n) is 14.6. The first-order chi connectivity index (χ1) is 11.8. The van der Waals surface area contributed by atoms with Crippen LogP contribution in [0, 0.1) is 0 Å². The number of rotatable bonds is 8. The van der Waals surface area contributed by atoms with Gasteiger partial charge in [0.2, 0.25) is 12.7 Å². The molecule has 0 saturated carbocycles. The van der Waals surface area contributed by atoms with Gasteiger partial charge in [0.15, 0.2) is 0 Å². The van der Waals surface area contributed by atoms with Crippen molar-refractivity contribution in [3.8, 4) is 0 Å². The third kappa shape index (κ3) is 6.07. The highest BCUT2D eigenvalue weighted by molar-refractivity contribution is 5.09. The summed E-state index contributed by atoms with van der Waals surface area (Å²) in [7, 11) is 0. The van der Waals surface area contributed by atoms with Crippen LogP contribution in [-0.4, -0.2) is 14.1 Å². The van der Waals surface area contributed by atoms with E-state index in [-0.39, 0.29) is 34.0 Å². The summed E-state index contributed by atoms with van der Waals surface area (Å²) in [6.07, 6.45) is 16.1. The van der Waals surface area contributed by atoms with Gasteiger partial charge in [-0.1, -0.05) is 31.4 Å². The molecule has 5 nitrogen and oxygen atoms in total. The molecule has 0 aliphatic carbocycles. The molecular formula is C19H23Br2N5. The Balaban J connectivity index is 0.00000169. The summed E-state index contributed by atoms with van der Waals surface area (Å²) in [5, 5.41) is 0. The van der Waals surface area contributed by atoms with E-state index in [2.05, 4.69) is 74.7 Å². The number of aromatic nitrogens is 5. The average Bonchev–Trinajstić information content (AvgIpc) is 3.18. The molecule has 0 amide bonds. The van der Waals surface area contributed by atoms with E-state index < -0.39 is 0 Å². The molecule has 3 heterocycles. The van der Waals surface area contributed by atoms with Crippen molar-refractivity contribution in [3.63, 3.8) is 0 Å². The Labute approximate surface area is 175 Å². The van der Waals surface area contributed by atoms with Crippen LogP contribution in [0.15, 0.2) is 81.0 Å². The van der Waals surface area contributed by atoms with Crippen LogP contribution in [0.2, 0.25) is 0 Å². The maximum Gasteiger partial charge on any atom is 0.244 e. The number of hydrogen-bond acceptors (Lipinski definition) is 1. The maximum absolute atomic E-state index is 4.77. The van der Waals surface area contributed by atoms with Gasteiger partial charge in [-0.05, 0) is 12.1 Å². The largest absolute Gasteiger partial charge is 1.00 e. The summed E-state index contributed by atoms with van der Waals surface area (Å²) in [6.45, 7) is 10.7. The summed E-state index contributed by atoms with van der Waals surface area (Å²) in [4.78, 5) is 4.77. The van der Waals surface area contributed by atoms with Crippen LogP contribution >= 0.6 is 0 Å². The van der Waals surface area contributed by atoms with Gasteiger partial charge in [-0.25, -0.2) is 23.3 Å². The maximum atomic E-state index is 4.77. The van der Waals surface area contributed by atoms with E-state index in [4.69, 9.17) is 4.98 Å². The van der Waals surface area contributed by atoms with Gasteiger partial charge in [-0.2, -0.15) is 0 Å². The summed E-state index contributed by atoms with van der Waals surface area (Å²) in [6, 6.07) is 6.20. The van der Waals surface area contributed by atoms with Crippen LogP contribution in [0.3, 0.4) is 0 Å². The molecule has 0 aromatic carbocycles. The quantitative estimate of drug-likeness (QED) is 0.237. The molecule has 0 aliphatic rings. The van der Waals surface area contributed by atoms with E-state index in [0.29, 0.717) is 0 Å². The van der Waals surface area contributed by atoms with Crippen molar-refractivity contribution in [2.24, 2.45) is 0 Å². The molecule has 0 spiro atoms. The molecule has 0 bridgehead atoms. The Morgan fingerprint density at radius 3 is 1.73 bits per heavy atom. The highest BCUT2D eigenvalue weighted by Gasteiger charge is 2.08. The van der Waals surface area contributed by atoms with Gasteiger partial charge in [0.1, 0.15) is 51.0 Å². The topological polar surface area (TPSA) is 30.5 Å². The van der Waals surface area contributed by atoms with Crippen molar-refractivity contribution in [1.82, 2.24) is 14.1 Å². The van der Waals surface area contributed by atoms with E-state index in [1.807, 2.05) is 24.5 Å². The van der Waals surface area contributed by atoms with Crippen molar-refractivity contribution in [2.45, 2.75) is 26.2 Å². The Hall–Kier alpha value is -1.99. The SMILES string of the molecule is C=CCn1cc[n+](Cc2cccc(C[n+]3ccn(CC=C)c3)n2)c1.[Br-].[Br-]. The summed E-state index contributed by atoms with van der Waals surface area (Å²) in [5.41, 5.74) is 2.11. The first-order valence-electron chi connectivity index (χ1n) is 8.03. The molecule has 7 heteroatoms. The van der Waals surface area contributed by atoms with Crippen molar-refractivity contribution < 1.29 is 43.1 Å². The summed E-state index contributed by atoms with van der Waals surface area (Å²) < 4.78 is 8.44. The smallest absolute Gasteiger partial charge is 0.244 e. The van der Waals surface area contributed by atoms with Crippen molar-refractivity contribution in [1.29, 1.82) is 0 Å². The van der Waals surface area contributed by atoms with Gasteiger partial charge in [0.25, 0.3) is 0 Å². The van der Waals surface area contributed by atoms with E-state index in [1.54, 1.807) is 0 Å². The lowest BCUT2D eigenvalue weighted by Crippen LogP contribution is -3.00. The van der Waals surface area contributed by atoms with E-state index in [0.717, 1.165) is 37.6 Å². The van der Waals surface area contributed by atoms with Crippen molar-refractivity contribution in [2.75, 3.05) is 0 Å². The zero-order chi connectivity index (χ0) is 16.8. The molecule has 0 saturated heterocycles. The van der Waals surface area contributed by atoms with Crippen LogP contribution in [0.4, 0.5) is 0 Å². The molecule has 26 heavy (non-hydrogen) atoms. The van der Waals surface area contributed by atoms with E-state index in [1.165, 1.54) is 0 Å². The predicted octanol–water partition coefficient (Wildman–Crippen LogP) is -4.26. The molecule has 0 atom stereocenters. The number of pyridine rings is 1. The molecule has 3 aromatic heterocycles. The fraction of sp³-hybridized carbons (Fsp3) is 0.211. The Morgan fingerprint density at radius 2 is 1.31 bits per heavy atom. The first-order valence-corrected chi connectivity index (χ1v) is 8.03. The van der Waals surface area contributed by atoms with Gasteiger partial charge in [-0.15, -0.1) is 0 Å². The lowest BCUT2D eigenvalue weighted by atomic mass is 10.3. The zero-order valence-corrected chi connectivity index (χ0v) is 17.8. The van der Waals surface area contributed by atoms with Gasteiger partial charge < -0.3 is 34.0 Å². The molecule has 0 fully saturated rings. The molecule has 3 rings (SSSR count). The highest BCUT2D eigenvalue weighted by atomic mass is 79.9. The van der Waals surface area contributed by atoms with Crippen LogP contribution in [0.5, 0.6) is 0 Å². The highest BCUT2D eigenvalue weighted by Crippen LogP contribution is 2.00. The second-order valence-corrected chi connectivity index (χ2v) is 5.76. The predicted molar refractivity (Wildman–Crippen MR) is 92.1 cm³/mol. The number of allylic oxidation sites excluding steroid dienone is 2. The molecule has 3 aromatic rings. The third-order valence-corrected chi connectivity index (χ3v) is 3.73. The lowest BCUT2D eigenvalue weighted by molar-refractivity contribution is -0.689. The third-order valence-electron chi connectivity index (χ3n) is 3.73. The van der Waals surface area contributed by atoms with Crippen molar-refractivity contribution in [3.05, 3.63) is 92.3 Å². The lowest BCUT2D eigenvalue weighted by Gasteiger charge is -2.01. The van der Waals surface area contributed by atoms with Gasteiger partial charge >= 0.3 is 0 Å². The molecule has 0 unspecified atom stereocenters. The van der Waals surface area contributed by atoms with Gasteiger partial charge in [-0.3, -0.25) is 0 Å². The fourth-order valence-electron chi connectivity index (χ4n) is 2.66. The Morgan fingerprint density at radius 1 is 0.846 bits per heavy atom. The standard InChI is InChI=1S/C19H23N5.2BrH/c1-3-8-21-10-12-23(16-21)14-18-6-5-7-19(20-18)15-24-13-11-22(17-24)9-4-2;;/h3-7,10-13,16-17H,1-2,8-9,14-15H2;2*1H/q+2;;/p-2. The molecular weight excluding hydrogens is 458 g/mol. The summed E-state index contributed by atoms with van der Waals surface area (Å²) >= 11 is 0. The minimum atomic E-state index is 0. The van der Waals surface area contributed by atoms with Gasteiger partial charge in [0.05, 0.1) is 11.4 Å². The number of hydrogen-bond donors (Lipinski definition) is 0. The minimum Gasteiger partial charge on any atom is -1.00 e.